The van der Waals surface area contributed by atoms with Crippen LogP contribution in [0.25, 0.3) is 0 Å². The second kappa shape index (κ2) is 8.56. The van der Waals surface area contributed by atoms with E-state index in [0.29, 0.717) is 11.3 Å². The molecule has 0 aliphatic carbocycles. The quantitative estimate of drug-likeness (QED) is 0.616. The van der Waals surface area contributed by atoms with Crippen LogP contribution in [0, 0.1) is 0 Å². The van der Waals surface area contributed by atoms with Crippen LogP contribution < -0.4 is 10.6 Å². The lowest BCUT2D eigenvalue weighted by Crippen LogP contribution is -2.31. The van der Waals surface area contributed by atoms with E-state index in [0.717, 1.165) is 10.4 Å². The largest absolute Gasteiger partial charge is 0.325 e. The molecule has 0 aliphatic heterocycles. The predicted octanol–water partition coefficient (Wildman–Crippen LogP) is 4.27. The van der Waals surface area contributed by atoms with Crippen LogP contribution in [0.3, 0.4) is 0 Å². The van der Waals surface area contributed by atoms with Crippen molar-refractivity contribution in [2.75, 3.05) is 11.9 Å². The highest BCUT2D eigenvalue weighted by molar-refractivity contribution is 7.10. The van der Waals surface area contributed by atoms with Crippen molar-refractivity contribution < 1.29 is 9.59 Å². The first kappa shape index (κ1) is 18.0. The third kappa shape index (κ3) is 4.65. The first-order chi connectivity index (χ1) is 12.6. The topological polar surface area (TPSA) is 58.2 Å². The number of benzene rings is 2. The average molecular weight is 364 g/mol. The highest BCUT2D eigenvalue weighted by atomic mass is 32.1. The summed E-state index contributed by atoms with van der Waals surface area (Å²) in [5.41, 5.74) is 2.31. The summed E-state index contributed by atoms with van der Waals surface area (Å²) in [6.45, 7) is 1.68. The van der Waals surface area contributed by atoms with Crippen LogP contribution >= 0.6 is 11.3 Å². The number of thiophene rings is 1. The van der Waals surface area contributed by atoms with Crippen molar-refractivity contribution in [3.8, 4) is 0 Å². The Hall–Kier alpha value is -2.76. The van der Waals surface area contributed by atoms with Crippen molar-refractivity contribution in [3.05, 3.63) is 88.1 Å². The molecule has 3 rings (SSSR count). The number of nitrogens with one attached hydrogen (secondary N) is 2. The van der Waals surface area contributed by atoms with E-state index >= 15 is 0 Å². The molecule has 26 heavy (non-hydrogen) atoms. The highest BCUT2D eigenvalue weighted by Gasteiger charge is 2.16. The van der Waals surface area contributed by atoms with Crippen molar-refractivity contribution in [3.63, 3.8) is 0 Å². The number of carbonyl (C=O) groups is 2. The number of anilines is 1. The average Bonchev–Trinajstić information content (AvgIpc) is 3.17. The van der Waals surface area contributed by atoms with Gasteiger partial charge in [0.25, 0.3) is 0 Å². The van der Waals surface area contributed by atoms with Crippen LogP contribution in [0.1, 0.15) is 33.8 Å². The monoisotopic (exact) mass is 364 g/mol. The molecule has 5 heteroatoms. The molecule has 0 saturated heterocycles. The fourth-order valence-corrected chi connectivity index (χ4v) is 3.53. The number of carbonyl (C=O) groups excluding carboxylic acids is 2. The molecule has 0 radical (unpaired) electrons. The summed E-state index contributed by atoms with van der Waals surface area (Å²) < 4.78 is 0. The molecular weight excluding hydrogens is 344 g/mol. The molecule has 4 nitrogen and oxygen atoms in total. The molecule has 0 saturated carbocycles. The molecule has 132 valence electrons. The Labute approximate surface area is 156 Å². The fourth-order valence-electron chi connectivity index (χ4n) is 2.70. The maximum atomic E-state index is 12.3. The number of hydrogen-bond donors (Lipinski definition) is 2. The van der Waals surface area contributed by atoms with E-state index in [1.807, 2.05) is 41.8 Å². The van der Waals surface area contributed by atoms with E-state index in [-0.39, 0.29) is 24.3 Å². The molecule has 0 bridgehead atoms. The van der Waals surface area contributed by atoms with Crippen molar-refractivity contribution >= 4 is 28.7 Å². The number of ketones is 1. The lowest BCUT2D eigenvalue weighted by Gasteiger charge is -2.18. The normalized spacial score (nSPS) is 11.7. The Morgan fingerprint density at radius 2 is 1.81 bits per heavy atom. The smallest absolute Gasteiger partial charge is 0.238 e. The van der Waals surface area contributed by atoms with Gasteiger partial charge in [0.15, 0.2) is 5.78 Å². The van der Waals surface area contributed by atoms with E-state index < -0.39 is 0 Å². The van der Waals surface area contributed by atoms with E-state index in [1.54, 1.807) is 35.6 Å². The minimum atomic E-state index is -0.150. The zero-order valence-corrected chi connectivity index (χ0v) is 15.3. The molecule has 1 atom stereocenters. The molecule has 2 aromatic carbocycles. The SMILES string of the molecule is CC(=O)c1cccc(NC(=O)CN[C@H](c2ccccc2)c2cccs2)c1. The van der Waals surface area contributed by atoms with Gasteiger partial charge in [-0.1, -0.05) is 48.5 Å². The summed E-state index contributed by atoms with van der Waals surface area (Å²) in [6, 6.07) is 21.0. The lowest BCUT2D eigenvalue weighted by molar-refractivity contribution is -0.115. The maximum Gasteiger partial charge on any atom is 0.238 e. The van der Waals surface area contributed by atoms with Crippen LogP contribution in [-0.2, 0) is 4.79 Å². The van der Waals surface area contributed by atoms with E-state index in [1.165, 1.54) is 6.92 Å². The van der Waals surface area contributed by atoms with Crippen LogP contribution in [0.2, 0.25) is 0 Å². The number of Topliss-reactive ketones (excluding diaryl/α,β-unsaturated/α-hetero) is 1. The number of rotatable bonds is 7. The highest BCUT2D eigenvalue weighted by Crippen LogP contribution is 2.25. The molecule has 1 heterocycles. The van der Waals surface area contributed by atoms with Crippen LogP contribution in [0.5, 0.6) is 0 Å². The molecule has 1 aromatic heterocycles. The number of hydrogen-bond acceptors (Lipinski definition) is 4. The molecule has 2 N–H and O–H groups in total. The predicted molar refractivity (Wildman–Crippen MR) is 106 cm³/mol. The summed E-state index contributed by atoms with van der Waals surface area (Å²) >= 11 is 1.65. The zero-order valence-electron chi connectivity index (χ0n) is 14.4. The van der Waals surface area contributed by atoms with Gasteiger partial charge in [-0.15, -0.1) is 11.3 Å². The van der Waals surface area contributed by atoms with Gasteiger partial charge in [-0.2, -0.15) is 0 Å². The van der Waals surface area contributed by atoms with Crippen molar-refractivity contribution in [1.29, 1.82) is 0 Å². The third-order valence-corrected chi connectivity index (χ3v) is 4.92. The Morgan fingerprint density at radius 3 is 2.50 bits per heavy atom. The van der Waals surface area contributed by atoms with Crippen molar-refractivity contribution in [1.82, 2.24) is 5.32 Å². The minimum absolute atomic E-state index is 0.0268. The standard InChI is InChI=1S/C21H20N2O2S/c1-15(24)17-9-5-10-18(13-17)23-20(25)14-22-21(19-11-6-12-26-19)16-7-3-2-4-8-16/h2-13,21-22H,14H2,1H3,(H,23,25)/t21-/m1/s1. The number of amides is 1. The fraction of sp³-hybridized carbons (Fsp3) is 0.143. The third-order valence-electron chi connectivity index (χ3n) is 3.98. The van der Waals surface area contributed by atoms with Gasteiger partial charge in [-0.25, -0.2) is 0 Å². The lowest BCUT2D eigenvalue weighted by atomic mass is 10.1. The zero-order chi connectivity index (χ0) is 18.4. The Kier molecular flexibility index (Phi) is 5.94. The van der Waals surface area contributed by atoms with Gasteiger partial charge in [0.1, 0.15) is 0 Å². The van der Waals surface area contributed by atoms with E-state index in [2.05, 4.69) is 16.7 Å². The first-order valence-electron chi connectivity index (χ1n) is 8.36. The second-order valence-electron chi connectivity index (χ2n) is 5.93. The Balaban J connectivity index is 1.67. The molecule has 0 aliphatic rings. The first-order valence-corrected chi connectivity index (χ1v) is 9.24. The van der Waals surface area contributed by atoms with Crippen LogP contribution in [0.4, 0.5) is 5.69 Å². The van der Waals surface area contributed by atoms with E-state index in [4.69, 9.17) is 0 Å². The van der Waals surface area contributed by atoms with Crippen LogP contribution in [-0.4, -0.2) is 18.2 Å². The summed E-state index contributed by atoms with van der Waals surface area (Å²) in [5, 5.41) is 8.19. The van der Waals surface area contributed by atoms with Crippen molar-refractivity contribution in [2.24, 2.45) is 0 Å². The molecule has 1 amide bonds. The van der Waals surface area contributed by atoms with Gasteiger partial charge in [0.2, 0.25) is 5.91 Å². The summed E-state index contributed by atoms with van der Waals surface area (Å²) in [5.74, 6) is -0.177. The minimum Gasteiger partial charge on any atom is -0.325 e. The summed E-state index contributed by atoms with van der Waals surface area (Å²) in [4.78, 5) is 25.0. The van der Waals surface area contributed by atoms with Gasteiger partial charge in [-0.05, 0) is 36.1 Å². The van der Waals surface area contributed by atoms with Gasteiger partial charge >= 0.3 is 0 Å². The van der Waals surface area contributed by atoms with Crippen molar-refractivity contribution in [2.45, 2.75) is 13.0 Å². The molecule has 0 fully saturated rings. The van der Waals surface area contributed by atoms with E-state index in [9.17, 15) is 9.59 Å². The molecule has 0 unspecified atom stereocenters. The van der Waals surface area contributed by atoms with Gasteiger partial charge < -0.3 is 5.32 Å². The van der Waals surface area contributed by atoms with Gasteiger partial charge in [-0.3, -0.25) is 14.9 Å². The second-order valence-corrected chi connectivity index (χ2v) is 6.90. The molecule has 3 aromatic rings. The van der Waals surface area contributed by atoms with Gasteiger partial charge in [0, 0.05) is 16.1 Å². The Bertz CT molecular complexity index is 876. The molecule has 0 spiro atoms. The summed E-state index contributed by atoms with van der Waals surface area (Å²) in [7, 11) is 0. The summed E-state index contributed by atoms with van der Waals surface area (Å²) in [6.07, 6.45) is 0. The van der Waals surface area contributed by atoms with Crippen LogP contribution in [0.15, 0.2) is 72.1 Å². The Morgan fingerprint density at radius 1 is 1.00 bits per heavy atom. The maximum absolute atomic E-state index is 12.3. The molecular formula is C21H20N2O2S. The van der Waals surface area contributed by atoms with Gasteiger partial charge in [0.05, 0.1) is 12.6 Å².